The molecule has 0 saturated heterocycles. The van der Waals surface area contributed by atoms with Crippen molar-refractivity contribution < 1.29 is 14.3 Å². The minimum absolute atomic E-state index is 0.290. The highest BCUT2D eigenvalue weighted by Crippen LogP contribution is 2.29. The number of imide groups is 1. The van der Waals surface area contributed by atoms with Gasteiger partial charge in [0.05, 0.1) is 11.3 Å². The van der Waals surface area contributed by atoms with Crippen molar-refractivity contribution in [2.45, 2.75) is 13.5 Å². The van der Waals surface area contributed by atoms with Crippen molar-refractivity contribution >= 4 is 46.8 Å². The molecule has 32 heavy (non-hydrogen) atoms. The Morgan fingerprint density at radius 2 is 1.75 bits per heavy atom. The topological polar surface area (TPSA) is 59.0 Å². The van der Waals surface area contributed by atoms with Gasteiger partial charge in [0, 0.05) is 21.2 Å². The Hall–Kier alpha value is -3.41. The maximum absolute atomic E-state index is 13.0. The van der Waals surface area contributed by atoms with Crippen molar-refractivity contribution in [3.8, 4) is 5.75 Å². The number of hydrogen-bond donors (Lipinski definition) is 0. The molecule has 0 N–H and O–H groups in total. The van der Waals surface area contributed by atoms with Crippen LogP contribution in [-0.2, 0) is 11.4 Å². The molecule has 0 unspecified atom stereocenters. The van der Waals surface area contributed by atoms with Crippen LogP contribution in [-0.4, -0.2) is 22.5 Å². The third-order valence-electron chi connectivity index (χ3n) is 4.83. The number of hydrogen-bond acceptors (Lipinski definition) is 4. The molecule has 2 amide bonds. The van der Waals surface area contributed by atoms with Crippen LogP contribution in [0.1, 0.15) is 28.4 Å². The van der Waals surface area contributed by atoms with Gasteiger partial charge in [0.2, 0.25) is 0 Å². The normalized spacial score (nSPS) is 14.6. The minimum atomic E-state index is -0.503. The lowest BCUT2D eigenvalue weighted by atomic mass is 10.1. The summed E-state index contributed by atoms with van der Waals surface area (Å²) in [4.78, 5) is 25.7. The van der Waals surface area contributed by atoms with Gasteiger partial charge in [0.15, 0.2) is 0 Å². The van der Waals surface area contributed by atoms with Crippen molar-refractivity contribution in [3.05, 3.63) is 105 Å². The molecule has 0 spiro atoms. The molecule has 0 atom stereocenters. The van der Waals surface area contributed by atoms with E-state index in [2.05, 4.69) is 5.10 Å². The zero-order chi connectivity index (χ0) is 22.7. The molecule has 5 nitrogen and oxygen atoms in total. The third-order valence-corrected chi connectivity index (χ3v) is 5.30. The monoisotopic (exact) mass is 464 g/mol. The molecule has 0 fully saturated rings. The Bertz CT molecular complexity index is 1250. The SMILES string of the molecule is CC1=NN(C(=O)c2ccccc2)C(=O)/C1=C/c1cc(Cl)ccc1OCc1cccc(Cl)c1. The first-order chi connectivity index (χ1) is 15.4. The summed E-state index contributed by atoms with van der Waals surface area (Å²) in [6.45, 7) is 1.97. The van der Waals surface area contributed by atoms with E-state index >= 15 is 0 Å². The molecule has 0 aromatic heterocycles. The molecule has 0 radical (unpaired) electrons. The number of ether oxygens (including phenoxy) is 1. The molecule has 0 bridgehead atoms. The fourth-order valence-electron chi connectivity index (χ4n) is 3.23. The minimum Gasteiger partial charge on any atom is -0.488 e. The summed E-state index contributed by atoms with van der Waals surface area (Å²) < 4.78 is 5.96. The van der Waals surface area contributed by atoms with Gasteiger partial charge in [0.25, 0.3) is 11.8 Å². The van der Waals surface area contributed by atoms with Gasteiger partial charge in [-0.05, 0) is 61.0 Å². The number of amides is 2. The van der Waals surface area contributed by atoms with E-state index < -0.39 is 11.8 Å². The number of benzene rings is 3. The largest absolute Gasteiger partial charge is 0.488 e. The van der Waals surface area contributed by atoms with Gasteiger partial charge in [-0.25, -0.2) is 0 Å². The number of carbonyl (C=O) groups excluding carboxylic acids is 2. The van der Waals surface area contributed by atoms with E-state index in [9.17, 15) is 9.59 Å². The Morgan fingerprint density at radius 3 is 2.50 bits per heavy atom. The molecule has 0 aliphatic carbocycles. The molecule has 0 saturated carbocycles. The number of nitrogens with zero attached hydrogens (tertiary/aromatic N) is 2. The predicted octanol–water partition coefficient (Wildman–Crippen LogP) is 6.01. The van der Waals surface area contributed by atoms with Crippen LogP contribution in [0.2, 0.25) is 10.0 Å². The summed E-state index contributed by atoms with van der Waals surface area (Å²) >= 11 is 12.2. The molecule has 3 aromatic carbocycles. The van der Waals surface area contributed by atoms with Crippen molar-refractivity contribution in [3.63, 3.8) is 0 Å². The van der Waals surface area contributed by atoms with E-state index in [1.165, 1.54) is 0 Å². The molecule has 1 heterocycles. The molecule has 7 heteroatoms. The number of rotatable bonds is 5. The van der Waals surface area contributed by atoms with Gasteiger partial charge in [-0.15, -0.1) is 0 Å². The Balaban J connectivity index is 1.60. The standard InChI is InChI=1S/C25H18Cl2N2O3/c1-16-22(25(31)29(28-16)24(30)18-7-3-2-4-8-18)14-19-13-21(27)10-11-23(19)32-15-17-6-5-9-20(26)12-17/h2-14H,15H2,1H3/b22-14+. The summed E-state index contributed by atoms with van der Waals surface area (Å²) in [5.41, 5.74) is 2.61. The zero-order valence-corrected chi connectivity index (χ0v) is 18.6. The van der Waals surface area contributed by atoms with Crippen molar-refractivity contribution in [2.75, 3.05) is 0 Å². The summed E-state index contributed by atoms with van der Waals surface area (Å²) in [5, 5.41) is 6.17. The summed E-state index contributed by atoms with van der Waals surface area (Å²) in [5.74, 6) is -0.450. The van der Waals surface area contributed by atoms with Crippen molar-refractivity contribution in [2.24, 2.45) is 5.10 Å². The lowest BCUT2D eigenvalue weighted by Gasteiger charge is -2.12. The van der Waals surface area contributed by atoms with Crippen LogP contribution in [0.3, 0.4) is 0 Å². The lowest BCUT2D eigenvalue weighted by molar-refractivity contribution is -0.123. The Labute approximate surface area is 195 Å². The highest BCUT2D eigenvalue weighted by Gasteiger charge is 2.33. The second kappa shape index (κ2) is 9.39. The maximum Gasteiger partial charge on any atom is 0.283 e. The smallest absolute Gasteiger partial charge is 0.283 e. The highest BCUT2D eigenvalue weighted by atomic mass is 35.5. The van der Waals surface area contributed by atoms with Crippen LogP contribution in [0, 0.1) is 0 Å². The first-order valence-corrected chi connectivity index (χ1v) is 10.6. The summed E-state index contributed by atoms with van der Waals surface area (Å²) in [7, 11) is 0. The summed E-state index contributed by atoms with van der Waals surface area (Å²) in [6, 6.07) is 21.0. The van der Waals surface area contributed by atoms with Gasteiger partial charge in [-0.3, -0.25) is 9.59 Å². The molecule has 160 valence electrons. The number of hydrazone groups is 1. The van der Waals surface area contributed by atoms with Crippen molar-refractivity contribution in [1.29, 1.82) is 0 Å². The molecule has 4 rings (SSSR count). The van der Waals surface area contributed by atoms with Crippen LogP contribution in [0.4, 0.5) is 0 Å². The van der Waals surface area contributed by atoms with Gasteiger partial charge in [0.1, 0.15) is 12.4 Å². The van der Waals surface area contributed by atoms with E-state index in [0.717, 1.165) is 10.6 Å². The Kier molecular flexibility index (Phi) is 6.40. The first kappa shape index (κ1) is 21.8. The second-order valence-electron chi connectivity index (χ2n) is 7.13. The Morgan fingerprint density at radius 1 is 1.00 bits per heavy atom. The fourth-order valence-corrected chi connectivity index (χ4v) is 3.63. The maximum atomic E-state index is 13.0. The predicted molar refractivity (Wildman–Crippen MR) is 126 cm³/mol. The van der Waals surface area contributed by atoms with E-state index in [1.54, 1.807) is 67.6 Å². The fraction of sp³-hybridized carbons (Fsp3) is 0.0800. The zero-order valence-electron chi connectivity index (χ0n) is 17.1. The number of halogens is 2. The van der Waals surface area contributed by atoms with Crippen LogP contribution >= 0.6 is 23.2 Å². The quantitative estimate of drug-likeness (QED) is 0.342. The number of carbonyl (C=O) groups is 2. The van der Waals surface area contributed by atoms with Crippen LogP contribution in [0.15, 0.2) is 83.5 Å². The van der Waals surface area contributed by atoms with Gasteiger partial charge < -0.3 is 4.74 Å². The van der Waals surface area contributed by atoms with Crippen LogP contribution in [0.5, 0.6) is 5.75 Å². The van der Waals surface area contributed by atoms with Gasteiger partial charge in [-0.2, -0.15) is 10.1 Å². The summed E-state index contributed by atoms with van der Waals surface area (Å²) in [6.07, 6.45) is 1.64. The van der Waals surface area contributed by atoms with E-state index in [0.29, 0.717) is 38.2 Å². The lowest BCUT2D eigenvalue weighted by Crippen LogP contribution is -2.29. The third kappa shape index (κ3) is 4.74. The molecular formula is C25H18Cl2N2O3. The van der Waals surface area contributed by atoms with Crippen LogP contribution in [0.25, 0.3) is 6.08 Å². The van der Waals surface area contributed by atoms with E-state index in [1.807, 2.05) is 18.2 Å². The highest BCUT2D eigenvalue weighted by molar-refractivity contribution is 6.32. The van der Waals surface area contributed by atoms with Crippen molar-refractivity contribution in [1.82, 2.24) is 5.01 Å². The molecule has 3 aromatic rings. The average Bonchev–Trinajstić information content (AvgIpc) is 3.07. The molecule has 1 aliphatic heterocycles. The van der Waals surface area contributed by atoms with Gasteiger partial charge >= 0.3 is 0 Å². The van der Waals surface area contributed by atoms with E-state index in [-0.39, 0.29) is 6.61 Å². The van der Waals surface area contributed by atoms with Crippen LogP contribution < -0.4 is 4.74 Å². The average molecular weight is 465 g/mol. The molecular weight excluding hydrogens is 447 g/mol. The molecule has 1 aliphatic rings. The van der Waals surface area contributed by atoms with Gasteiger partial charge in [-0.1, -0.05) is 53.5 Å². The first-order valence-electron chi connectivity index (χ1n) is 9.80. The second-order valence-corrected chi connectivity index (χ2v) is 8.01. The van der Waals surface area contributed by atoms with E-state index in [4.69, 9.17) is 27.9 Å².